The van der Waals surface area contributed by atoms with Crippen LogP contribution in [-0.4, -0.2) is 51.5 Å². The highest BCUT2D eigenvalue weighted by molar-refractivity contribution is 5.43. The number of ether oxygens (including phenoxy) is 3. The van der Waals surface area contributed by atoms with Gasteiger partial charge < -0.3 is 19.9 Å². The van der Waals surface area contributed by atoms with Gasteiger partial charge in [-0.1, -0.05) is 6.07 Å². The van der Waals surface area contributed by atoms with Gasteiger partial charge in [0, 0.05) is 32.3 Å². The van der Waals surface area contributed by atoms with Gasteiger partial charge in [0.25, 0.3) is 0 Å². The maximum absolute atomic E-state index is 6.36. The molecule has 2 rings (SSSR count). The van der Waals surface area contributed by atoms with Crippen LogP contribution in [0.2, 0.25) is 0 Å². The minimum Gasteiger partial charge on any atom is -0.493 e. The Morgan fingerprint density at radius 2 is 2.10 bits per heavy atom. The second-order valence-electron chi connectivity index (χ2n) is 5.52. The van der Waals surface area contributed by atoms with Gasteiger partial charge in [0.15, 0.2) is 11.5 Å². The van der Waals surface area contributed by atoms with Gasteiger partial charge in [-0.3, -0.25) is 4.90 Å². The maximum Gasteiger partial charge on any atom is 0.161 e. The summed E-state index contributed by atoms with van der Waals surface area (Å²) in [6.45, 7) is 5.74. The topological polar surface area (TPSA) is 57.0 Å². The molecular weight excluding hydrogens is 268 g/mol. The lowest BCUT2D eigenvalue weighted by Gasteiger charge is -2.25. The van der Waals surface area contributed by atoms with Crippen LogP contribution in [0.15, 0.2) is 18.2 Å². The number of methoxy groups -OCH3 is 2. The SMILES string of the molecule is COc1ccc(C(N)CN2CCCOC(C)C2)cc1OC. The van der Waals surface area contributed by atoms with Crippen LogP contribution in [0.25, 0.3) is 0 Å². The molecule has 0 bridgehead atoms. The molecule has 5 heteroatoms. The van der Waals surface area contributed by atoms with Crippen LogP contribution in [0.4, 0.5) is 0 Å². The van der Waals surface area contributed by atoms with E-state index in [0.717, 1.165) is 49.7 Å². The third-order valence-corrected chi connectivity index (χ3v) is 3.83. The third-order valence-electron chi connectivity index (χ3n) is 3.83. The lowest BCUT2D eigenvalue weighted by Crippen LogP contribution is -2.36. The first-order valence-corrected chi connectivity index (χ1v) is 7.45. The van der Waals surface area contributed by atoms with E-state index in [-0.39, 0.29) is 12.1 Å². The van der Waals surface area contributed by atoms with E-state index in [4.69, 9.17) is 19.9 Å². The molecule has 0 aliphatic carbocycles. The largest absolute Gasteiger partial charge is 0.493 e. The number of rotatable bonds is 5. The summed E-state index contributed by atoms with van der Waals surface area (Å²) >= 11 is 0. The van der Waals surface area contributed by atoms with Crippen molar-refractivity contribution in [3.63, 3.8) is 0 Å². The van der Waals surface area contributed by atoms with Gasteiger partial charge >= 0.3 is 0 Å². The van der Waals surface area contributed by atoms with Crippen LogP contribution in [0, 0.1) is 0 Å². The smallest absolute Gasteiger partial charge is 0.161 e. The van der Waals surface area contributed by atoms with Crippen LogP contribution in [0.1, 0.15) is 24.9 Å². The predicted molar refractivity (Wildman–Crippen MR) is 82.9 cm³/mol. The molecule has 0 spiro atoms. The molecule has 0 amide bonds. The molecular formula is C16H26N2O3. The van der Waals surface area contributed by atoms with Crippen molar-refractivity contribution in [3.05, 3.63) is 23.8 Å². The summed E-state index contributed by atoms with van der Waals surface area (Å²) in [5.41, 5.74) is 7.42. The molecule has 5 nitrogen and oxygen atoms in total. The highest BCUT2D eigenvalue weighted by Crippen LogP contribution is 2.29. The zero-order valence-corrected chi connectivity index (χ0v) is 13.2. The lowest BCUT2D eigenvalue weighted by molar-refractivity contribution is 0.0670. The molecule has 1 aliphatic rings. The number of nitrogens with zero attached hydrogens (tertiary/aromatic N) is 1. The minimum absolute atomic E-state index is 0.0462. The van der Waals surface area contributed by atoms with Crippen LogP contribution in [0.3, 0.4) is 0 Å². The van der Waals surface area contributed by atoms with Crippen LogP contribution < -0.4 is 15.2 Å². The lowest BCUT2D eigenvalue weighted by atomic mass is 10.1. The van der Waals surface area contributed by atoms with Crippen molar-refractivity contribution >= 4 is 0 Å². The first kappa shape index (κ1) is 16.1. The van der Waals surface area contributed by atoms with Crippen LogP contribution in [0.5, 0.6) is 11.5 Å². The molecule has 1 heterocycles. The van der Waals surface area contributed by atoms with E-state index in [0.29, 0.717) is 0 Å². The number of benzene rings is 1. The minimum atomic E-state index is -0.0462. The van der Waals surface area contributed by atoms with Gasteiger partial charge in [0.2, 0.25) is 0 Å². The van der Waals surface area contributed by atoms with E-state index in [2.05, 4.69) is 11.8 Å². The van der Waals surface area contributed by atoms with Gasteiger partial charge in [-0.15, -0.1) is 0 Å². The molecule has 21 heavy (non-hydrogen) atoms. The summed E-state index contributed by atoms with van der Waals surface area (Å²) in [7, 11) is 3.27. The third kappa shape index (κ3) is 4.33. The highest BCUT2D eigenvalue weighted by Gasteiger charge is 2.19. The van der Waals surface area contributed by atoms with E-state index in [1.165, 1.54) is 0 Å². The van der Waals surface area contributed by atoms with E-state index >= 15 is 0 Å². The molecule has 2 atom stereocenters. The summed E-state index contributed by atoms with van der Waals surface area (Å²) in [6.07, 6.45) is 1.33. The molecule has 2 unspecified atom stereocenters. The highest BCUT2D eigenvalue weighted by atomic mass is 16.5. The van der Waals surface area contributed by atoms with Gasteiger partial charge in [0.1, 0.15) is 0 Å². The Morgan fingerprint density at radius 3 is 2.81 bits per heavy atom. The van der Waals surface area contributed by atoms with Gasteiger partial charge in [0.05, 0.1) is 20.3 Å². The molecule has 0 saturated carbocycles. The molecule has 1 aromatic rings. The van der Waals surface area contributed by atoms with Crippen molar-refractivity contribution in [2.75, 3.05) is 40.5 Å². The molecule has 0 aromatic heterocycles. The molecule has 118 valence electrons. The van der Waals surface area contributed by atoms with E-state index in [1.54, 1.807) is 14.2 Å². The molecule has 1 saturated heterocycles. The molecule has 1 fully saturated rings. The average Bonchev–Trinajstić information content (AvgIpc) is 2.70. The number of hydrogen-bond donors (Lipinski definition) is 1. The van der Waals surface area contributed by atoms with Crippen molar-refractivity contribution in [2.24, 2.45) is 5.73 Å². The fraction of sp³-hybridized carbons (Fsp3) is 0.625. The Hall–Kier alpha value is -1.30. The number of hydrogen-bond acceptors (Lipinski definition) is 5. The van der Waals surface area contributed by atoms with Gasteiger partial charge in [-0.05, 0) is 31.0 Å². The van der Waals surface area contributed by atoms with E-state index in [9.17, 15) is 0 Å². The van der Waals surface area contributed by atoms with Crippen molar-refractivity contribution in [2.45, 2.75) is 25.5 Å². The first-order chi connectivity index (χ1) is 10.1. The second kappa shape index (κ2) is 7.64. The molecule has 2 N–H and O–H groups in total. The fourth-order valence-electron chi connectivity index (χ4n) is 2.71. The summed E-state index contributed by atoms with van der Waals surface area (Å²) in [6, 6.07) is 5.82. The summed E-state index contributed by atoms with van der Waals surface area (Å²) in [5.74, 6) is 1.45. The molecule has 1 aliphatic heterocycles. The van der Waals surface area contributed by atoms with Crippen molar-refractivity contribution in [1.82, 2.24) is 4.90 Å². The Bertz CT molecular complexity index is 453. The summed E-state index contributed by atoms with van der Waals surface area (Å²) in [5, 5.41) is 0. The Morgan fingerprint density at radius 1 is 1.33 bits per heavy atom. The maximum atomic E-state index is 6.36. The molecule has 1 aromatic carbocycles. The zero-order chi connectivity index (χ0) is 15.2. The standard InChI is InChI=1S/C16H26N2O3/c1-12-10-18(7-4-8-21-12)11-14(17)13-5-6-15(19-2)16(9-13)20-3/h5-6,9,12,14H,4,7-8,10-11,17H2,1-3H3. The normalized spacial score (nSPS) is 21.6. The molecule has 0 radical (unpaired) electrons. The average molecular weight is 294 g/mol. The quantitative estimate of drug-likeness (QED) is 0.897. The Labute approximate surface area is 127 Å². The fourth-order valence-corrected chi connectivity index (χ4v) is 2.71. The van der Waals surface area contributed by atoms with Gasteiger partial charge in [-0.2, -0.15) is 0 Å². The van der Waals surface area contributed by atoms with Crippen LogP contribution >= 0.6 is 0 Å². The summed E-state index contributed by atoms with van der Waals surface area (Å²) in [4.78, 5) is 2.37. The summed E-state index contributed by atoms with van der Waals surface area (Å²) < 4.78 is 16.3. The van der Waals surface area contributed by atoms with Crippen LogP contribution in [-0.2, 0) is 4.74 Å². The number of nitrogens with two attached hydrogens (primary N) is 1. The second-order valence-corrected chi connectivity index (χ2v) is 5.52. The monoisotopic (exact) mass is 294 g/mol. The first-order valence-electron chi connectivity index (χ1n) is 7.45. The van der Waals surface area contributed by atoms with Crippen molar-refractivity contribution in [1.29, 1.82) is 0 Å². The van der Waals surface area contributed by atoms with Gasteiger partial charge in [-0.25, -0.2) is 0 Å². The van der Waals surface area contributed by atoms with E-state index < -0.39 is 0 Å². The zero-order valence-electron chi connectivity index (χ0n) is 13.2. The Kier molecular flexibility index (Phi) is 5.85. The predicted octanol–water partition coefficient (Wildman–Crippen LogP) is 1.81. The van der Waals surface area contributed by atoms with Crippen molar-refractivity contribution < 1.29 is 14.2 Å². The van der Waals surface area contributed by atoms with E-state index in [1.807, 2.05) is 18.2 Å². The van der Waals surface area contributed by atoms with Crippen molar-refractivity contribution in [3.8, 4) is 11.5 Å². The Balaban J connectivity index is 2.03.